The molecule has 1 amide bonds. The summed E-state index contributed by atoms with van der Waals surface area (Å²) in [6, 6.07) is 7.68. The molecular formula is C20H32N2O4S. The minimum absolute atomic E-state index is 0.217. The number of hydrogen-bond acceptors (Lipinski definition) is 4. The van der Waals surface area contributed by atoms with Crippen molar-refractivity contribution in [3.05, 3.63) is 35.4 Å². The molecule has 0 aliphatic carbocycles. The molecule has 1 aromatic rings. The quantitative estimate of drug-likeness (QED) is 0.801. The first kappa shape index (κ1) is 21.7. The third-order valence-corrected chi connectivity index (χ3v) is 5.51. The van der Waals surface area contributed by atoms with Crippen LogP contribution in [0.15, 0.2) is 24.3 Å². The first-order valence-corrected chi connectivity index (χ1v) is 11.5. The summed E-state index contributed by atoms with van der Waals surface area (Å²) in [6.07, 6.45) is 2.59. The fourth-order valence-electron chi connectivity index (χ4n) is 3.54. The lowest BCUT2D eigenvalue weighted by Gasteiger charge is -2.41. The van der Waals surface area contributed by atoms with E-state index in [0.29, 0.717) is 25.3 Å². The average molecular weight is 397 g/mol. The maximum Gasteiger partial charge on any atom is 0.410 e. The van der Waals surface area contributed by atoms with Crippen molar-refractivity contribution in [3.63, 3.8) is 0 Å². The lowest BCUT2D eigenvalue weighted by molar-refractivity contribution is 0.0461. The van der Waals surface area contributed by atoms with Gasteiger partial charge in [0.25, 0.3) is 0 Å². The minimum Gasteiger partial charge on any atom is -0.447 e. The van der Waals surface area contributed by atoms with Crippen LogP contribution < -0.4 is 4.72 Å². The highest BCUT2D eigenvalue weighted by atomic mass is 32.2. The number of benzene rings is 1. The summed E-state index contributed by atoms with van der Waals surface area (Å²) < 4.78 is 31.8. The summed E-state index contributed by atoms with van der Waals surface area (Å²) in [5.74, 6) is 0.406. The van der Waals surface area contributed by atoms with Gasteiger partial charge in [0.15, 0.2) is 0 Å². The molecule has 0 aromatic heterocycles. The van der Waals surface area contributed by atoms with Crippen LogP contribution in [0.25, 0.3) is 0 Å². The summed E-state index contributed by atoms with van der Waals surface area (Å²) in [4.78, 5) is 14.3. The molecule has 1 aromatic carbocycles. The van der Waals surface area contributed by atoms with Gasteiger partial charge in [-0.2, -0.15) is 0 Å². The van der Waals surface area contributed by atoms with Crippen molar-refractivity contribution in [3.8, 4) is 0 Å². The van der Waals surface area contributed by atoms with Gasteiger partial charge >= 0.3 is 6.09 Å². The second-order valence-electron chi connectivity index (χ2n) is 7.94. The van der Waals surface area contributed by atoms with Crippen molar-refractivity contribution >= 4 is 16.1 Å². The molecule has 0 bridgehead atoms. The molecule has 152 valence electrons. The van der Waals surface area contributed by atoms with Crippen LogP contribution in [0.4, 0.5) is 4.79 Å². The zero-order chi connectivity index (χ0) is 20.2. The molecule has 1 heterocycles. The zero-order valence-corrected chi connectivity index (χ0v) is 17.8. The summed E-state index contributed by atoms with van der Waals surface area (Å²) in [5, 5.41) is 0. The number of nitrogens with one attached hydrogen (secondary N) is 1. The van der Waals surface area contributed by atoms with E-state index in [1.165, 1.54) is 5.56 Å². The number of likely N-dealkylation sites (tertiary alicyclic amines) is 1. The number of carbonyl (C=O) groups is 1. The van der Waals surface area contributed by atoms with E-state index in [1.807, 2.05) is 26.0 Å². The molecule has 27 heavy (non-hydrogen) atoms. The van der Waals surface area contributed by atoms with Gasteiger partial charge in [-0.3, -0.25) is 0 Å². The normalized spacial score (nSPS) is 20.9. The highest BCUT2D eigenvalue weighted by Gasteiger charge is 2.36. The Morgan fingerprint density at radius 1 is 1.30 bits per heavy atom. The molecule has 1 N–H and O–H groups in total. The highest BCUT2D eigenvalue weighted by molar-refractivity contribution is 7.88. The van der Waals surface area contributed by atoms with Crippen LogP contribution in [0.5, 0.6) is 0 Å². The van der Waals surface area contributed by atoms with Gasteiger partial charge in [-0.25, -0.2) is 17.9 Å². The Morgan fingerprint density at radius 2 is 2.00 bits per heavy atom. The SMILES string of the molecule is CC(C)OC(=O)N1CCC[C@H](NS(C)(=O)=O)[C@@H]1Cc1cccc(C(C)C)c1. The third-order valence-electron chi connectivity index (χ3n) is 4.78. The second kappa shape index (κ2) is 9.06. The van der Waals surface area contributed by atoms with E-state index in [0.717, 1.165) is 18.2 Å². The number of hydrogen-bond donors (Lipinski definition) is 1. The van der Waals surface area contributed by atoms with E-state index in [9.17, 15) is 13.2 Å². The predicted octanol–water partition coefficient (Wildman–Crippen LogP) is 3.28. The Morgan fingerprint density at radius 3 is 2.59 bits per heavy atom. The van der Waals surface area contributed by atoms with Crippen molar-refractivity contribution in [1.29, 1.82) is 0 Å². The molecule has 1 aliphatic rings. The van der Waals surface area contributed by atoms with Crippen LogP contribution in [0.2, 0.25) is 0 Å². The van der Waals surface area contributed by atoms with Crippen molar-refractivity contribution in [2.75, 3.05) is 12.8 Å². The molecule has 0 spiro atoms. The summed E-state index contributed by atoms with van der Waals surface area (Å²) in [6.45, 7) is 8.48. The number of piperidine rings is 1. The van der Waals surface area contributed by atoms with Gasteiger partial charge in [-0.15, -0.1) is 0 Å². The summed E-state index contributed by atoms with van der Waals surface area (Å²) in [7, 11) is -3.37. The Hall–Kier alpha value is -1.60. The van der Waals surface area contributed by atoms with Crippen LogP contribution in [0, 0.1) is 0 Å². The highest BCUT2D eigenvalue weighted by Crippen LogP contribution is 2.25. The maximum atomic E-state index is 12.6. The fourth-order valence-corrected chi connectivity index (χ4v) is 4.36. The smallest absolute Gasteiger partial charge is 0.410 e. The van der Waals surface area contributed by atoms with Crippen LogP contribution >= 0.6 is 0 Å². The topological polar surface area (TPSA) is 75.7 Å². The first-order valence-electron chi connectivity index (χ1n) is 9.60. The van der Waals surface area contributed by atoms with E-state index >= 15 is 0 Å². The molecule has 0 radical (unpaired) electrons. The largest absolute Gasteiger partial charge is 0.447 e. The van der Waals surface area contributed by atoms with Gasteiger partial charge in [0.05, 0.1) is 18.4 Å². The van der Waals surface area contributed by atoms with Gasteiger partial charge in [0.2, 0.25) is 10.0 Å². The van der Waals surface area contributed by atoms with Crippen LogP contribution in [0.1, 0.15) is 57.6 Å². The molecular weight excluding hydrogens is 364 g/mol. The van der Waals surface area contributed by atoms with Crippen molar-refractivity contribution in [1.82, 2.24) is 9.62 Å². The Kier molecular flexibility index (Phi) is 7.28. The molecule has 1 aliphatic heterocycles. The van der Waals surface area contributed by atoms with Crippen molar-refractivity contribution < 1.29 is 17.9 Å². The Balaban J connectivity index is 2.31. The standard InChI is InChI=1S/C20H32N2O4S/c1-14(2)17-9-6-8-16(12-17)13-19-18(21-27(5,24)25)10-7-11-22(19)20(23)26-15(3)4/h6,8-9,12,14-15,18-19,21H,7,10-11,13H2,1-5H3/t18-,19-/m0/s1. The molecule has 1 saturated heterocycles. The average Bonchev–Trinajstić information content (AvgIpc) is 2.54. The van der Waals surface area contributed by atoms with E-state index in [-0.39, 0.29) is 24.3 Å². The third kappa shape index (κ3) is 6.50. The van der Waals surface area contributed by atoms with Gasteiger partial charge in [0, 0.05) is 12.6 Å². The van der Waals surface area contributed by atoms with Crippen LogP contribution in [-0.4, -0.2) is 50.4 Å². The van der Waals surface area contributed by atoms with E-state index in [1.54, 1.807) is 4.90 Å². The Bertz CT molecular complexity index is 746. The van der Waals surface area contributed by atoms with Gasteiger partial charge in [0.1, 0.15) is 0 Å². The van der Waals surface area contributed by atoms with E-state index < -0.39 is 10.0 Å². The molecule has 7 heteroatoms. The lowest BCUT2D eigenvalue weighted by atomic mass is 9.90. The van der Waals surface area contributed by atoms with Gasteiger partial charge in [-0.05, 0) is 50.2 Å². The maximum absolute atomic E-state index is 12.6. The monoisotopic (exact) mass is 396 g/mol. The first-order chi connectivity index (χ1) is 12.6. The van der Waals surface area contributed by atoms with Crippen molar-refractivity contribution in [2.24, 2.45) is 0 Å². The number of sulfonamides is 1. The van der Waals surface area contributed by atoms with Gasteiger partial charge in [-0.1, -0.05) is 38.1 Å². The molecule has 6 nitrogen and oxygen atoms in total. The fraction of sp³-hybridized carbons (Fsp3) is 0.650. The summed E-state index contributed by atoms with van der Waals surface area (Å²) in [5.41, 5.74) is 2.32. The summed E-state index contributed by atoms with van der Waals surface area (Å²) >= 11 is 0. The molecule has 2 atom stereocenters. The van der Waals surface area contributed by atoms with Crippen LogP contribution in [-0.2, 0) is 21.2 Å². The zero-order valence-electron chi connectivity index (χ0n) is 16.9. The minimum atomic E-state index is -3.37. The molecule has 2 rings (SSSR count). The Labute approximate surface area is 163 Å². The van der Waals surface area contributed by atoms with E-state index in [2.05, 4.69) is 30.7 Å². The molecule has 0 unspecified atom stereocenters. The molecule has 1 fully saturated rings. The van der Waals surface area contributed by atoms with Crippen molar-refractivity contribution in [2.45, 2.75) is 71.1 Å². The van der Waals surface area contributed by atoms with E-state index in [4.69, 9.17) is 4.74 Å². The number of nitrogens with zero attached hydrogens (tertiary/aromatic N) is 1. The predicted molar refractivity (Wildman–Crippen MR) is 107 cm³/mol. The number of ether oxygens (including phenoxy) is 1. The second-order valence-corrected chi connectivity index (χ2v) is 9.72. The lowest BCUT2D eigenvalue weighted by Crippen LogP contribution is -2.58. The number of carbonyl (C=O) groups excluding carboxylic acids is 1. The molecule has 0 saturated carbocycles. The number of amides is 1. The van der Waals surface area contributed by atoms with Gasteiger partial charge < -0.3 is 9.64 Å². The van der Waals surface area contributed by atoms with Crippen LogP contribution in [0.3, 0.4) is 0 Å². The number of rotatable bonds is 6.